The van der Waals surface area contributed by atoms with Crippen molar-refractivity contribution in [3.63, 3.8) is 0 Å². The van der Waals surface area contributed by atoms with E-state index in [2.05, 4.69) is 44.4 Å². The third kappa shape index (κ3) is 7.00. The van der Waals surface area contributed by atoms with Crippen molar-refractivity contribution in [1.29, 1.82) is 0 Å². The smallest absolute Gasteiger partial charge is 0.224 e. The van der Waals surface area contributed by atoms with Crippen LogP contribution in [0.5, 0.6) is 5.75 Å². The molecule has 2 saturated heterocycles. The van der Waals surface area contributed by atoms with Crippen molar-refractivity contribution in [2.24, 2.45) is 5.92 Å². The average Bonchev–Trinajstić information content (AvgIpc) is 3.47. The number of hydrogen-bond donors (Lipinski definition) is 4. The zero-order valence-electron chi connectivity index (χ0n) is 24.9. The molecule has 224 valence electrons. The third-order valence-corrected chi connectivity index (χ3v) is 8.80. The Morgan fingerprint density at radius 3 is 2.83 bits per heavy atom. The first-order valence-corrected chi connectivity index (χ1v) is 15.5. The third-order valence-electron chi connectivity index (χ3n) is 8.80. The highest BCUT2D eigenvalue weighted by Gasteiger charge is 2.34. The number of benzene rings is 2. The summed E-state index contributed by atoms with van der Waals surface area (Å²) in [6.07, 6.45) is 4.61. The molecule has 10 heteroatoms. The number of likely N-dealkylation sites (N-methyl/N-ethyl adjacent to an activating group) is 1. The van der Waals surface area contributed by atoms with Crippen molar-refractivity contribution >= 4 is 28.3 Å². The molecule has 3 aromatic rings. The zero-order valence-corrected chi connectivity index (χ0v) is 24.9. The minimum absolute atomic E-state index is 0.0167. The SMILES string of the molecule is CCCC(=O)Nc1cccc(-c2nc(NC3CCC4NNCC4C3)c3cc(OCCN4CCN(C)CC4)ccc3n2)c1. The number of hydrazine groups is 1. The number of fused-ring (bicyclic) bond motifs is 2. The van der Waals surface area contributed by atoms with E-state index in [-0.39, 0.29) is 5.91 Å². The van der Waals surface area contributed by atoms with Gasteiger partial charge in [-0.2, -0.15) is 0 Å². The van der Waals surface area contributed by atoms with E-state index in [1.54, 1.807) is 0 Å². The summed E-state index contributed by atoms with van der Waals surface area (Å²) in [6.45, 7) is 8.95. The molecule has 42 heavy (non-hydrogen) atoms. The average molecular weight is 573 g/mol. The normalized spacial score (nSPS) is 23.0. The molecule has 3 heterocycles. The maximum absolute atomic E-state index is 12.2. The first-order valence-electron chi connectivity index (χ1n) is 15.5. The Bertz CT molecular complexity index is 1380. The Kier molecular flexibility index (Phi) is 9.14. The molecule has 0 bridgehead atoms. The summed E-state index contributed by atoms with van der Waals surface area (Å²) in [5.41, 5.74) is 9.25. The van der Waals surface area contributed by atoms with Gasteiger partial charge < -0.3 is 20.3 Å². The summed E-state index contributed by atoms with van der Waals surface area (Å²) in [7, 11) is 2.18. The second-order valence-corrected chi connectivity index (χ2v) is 12.0. The number of rotatable bonds is 10. The molecule has 10 nitrogen and oxygen atoms in total. The van der Waals surface area contributed by atoms with Crippen LogP contribution in [0.3, 0.4) is 0 Å². The maximum Gasteiger partial charge on any atom is 0.224 e. The van der Waals surface area contributed by atoms with E-state index in [1.165, 1.54) is 0 Å². The van der Waals surface area contributed by atoms with E-state index in [4.69, 9.17) is 14.7 Å². The van der Waals surface area contributed by atoms with Gasteiger partial charge in [-0.25, -0.2) is 9.97 Å². The number of ether oxygens (including phenoxy) is 1. The van der Waals surface area contributed by atoms with Gasteiger partial charge in [0, 0.05) is 74.4 Å². The van der Waals surface area contributed by atoms with Crippen LogP contribution in [0.4, 0.5) is 11.5 Å². The van der Waals surface area contributed by atoms with Crippen molar-refractivity contribution in [3.05, 3.63) is 42.5 Å². The summed E-state index contributed by atoms with van der Waals surface area (Å²) in [6, 6.07) is 14.8. The predicted molar refractivity (Wildman–Crippen MR) is 168 cm³/mol. The number of amides is 1. The fourth-order valence-corrected chi connectivity index (χ4v) is 6.31. The van der Waals surface area contributed by atoms with Gasteiger partial charge in [-0.05, 0) is 69.0 Å². The van der Waals surface area contributed by atoms with E-state index in [0.29, 0.717) is 36.9 Å². The van der Waals surface area contributed by atoms with Gasteiger partial charge in [0.25, 0.3) is 0 Å². The number of anilines is 2. The van der Waals surface area contributed by atoms with Gasteiger partial charge in [0.1, 0.15) is 18.2 Å². The fourth-order valence-electron chi connectivity index (χ4n) is 6.31. The number of carbonyl (C=O) groups excluding carboxylic acids is 1. The summed E-state index contributed by atoms with van der Waals surface area (Å²) in [4.78, 5) is 27.1. The molecule has 1 saturated carbocycles. The van der Waals surface area contributed by atoms with Crippen LogP contribution in [0.2, 0.25) is 0 Å². The van der Waals surface area contributed by atoms with E-state index < -0.39 is 0 Å². The molecule has 3 aliphatic rings. The second kappa shape index (κ2) is 13.3. The number of aromatic nitrogens is 2. The van der Waals surface area contributed by atoms with E-state index >= 15 is 0 Å². The Hall–Kier alpha value is -3.31. The fraction of sp³-hybridized carbons (Fsp3) is 0.531. The molecule has 3 fully saturated rings. The van der Waals surface area contributed by atoms with Gasteiger partial charge >= 0.3 is 0 Å². The summed E-state index contributed by atoms with van der Waals surface area (Å²) in [5.74, 6) is 2.94. The van der Waals surface area contributed by atoms with Gasteiger partial charge in [0.2, 0.25) is 5.91 Å². The Morgan fingerprint density at radius 2 is 1.98 bits per heavy atom. The number of hydrogen-bond acceptors (Lipinski definition) is 9. The minimum atomic E-state index is 0.0167. The van der Waals surface area contributed by atoms with Crippen molar-refractivity contribution in [2.75, 3.05) is 63.6 Å². The van der Waals surface area contributed by atoms with Crippen molar-refractivity contribution in [3.8, 4) is 17.1 Å². The second-order valence-electron chi connectivity index (χ2n) is 12.0. The van der Waals surface area contributed by atoms with Gasteiger partial charge in [0.05, 0.1) is 5.52 Å². The maximum atomic E-state index is 12.2. The topological polar surface area (TPSA) is 107 Å². The molecule has 0 spiro atoms. The Morgan fingerprint density at radius 1 is 1.10 bits per heavy atom. The van der Waals surface area contributed by atoms with E-state index in [0.717, 1.165) is 98.7 Å². The van der Waals surface area contributed by atoms with Gasteiger partial charge in [-0.15, -0.1) is 0 Å². The lowest BCUT2D eigenvalue weighted by Gasteiger charge is -2.32. The lowest BCUT2D eigenvalue weighted by molar-refractivity contribution is -0.116. The molecular formula is C32H44N8O2. The monoisotopic (exact) mass is 572 g/mol. The highest BCUT2D eigenvalue weighted by atomic mass is 16.5. The molecule has 6 rings (SSSR count). The van der Waals surface area contributed by atoms with Crippen LogP contribution in [0.1, 0.15) is 39.0 Å². The van der Waals surface area contributed by atoms with Crippen molar-refractivity contribution < 1.29 is 9.53 Å². The van der Waals surface area contributed by atoms with Gasteiger partial charge in [-0.3, -0.25) is 20.5 Å². The lowest BCUT2D eigenvalue weighted by atomic mass is 9.83. The summed E-state index contributed by atoms with van der Waals surface area (Å²) < 4.78 is 6.24. The molecule has 3 unspecified atom stereocenters. The lowest BCUT2D eigenvalue weighted by Crippen LogP contribution is -2.45. The molecule has 1 amide bonds. The van der Waals surface area contributed by atoms with Crippen molar-refractivity contribution in [2.45, 2.75) is 51.1 Å². The standard InChI is InChI=1S/C32H44N8O2/c1-3-5-30(41)34-24-7-4-6-22(18-24)31-36-29-11-9-26(42-17-16-40-14-12-39(2)13-15-40)20-27(29)32(37-31)35-25-8-10-28-23(19-25)21-33-38-28/h4,6-7,9,11,18,20,23,25,28,33,38H,3,5,8,10,12-17,19,21H2,1-2H3,(H,34,41)(H,35,36,37). The highest BCUT2D eigenvalue weighted by molar-refractivity contribution is 5.93. The Balaban J connectivity index is 1.24. The van der Waals surface area contributed by atoms with E-state index in [1.807, 2.05) is 43.3 Å². The quantitative estimate of drug-likeness (QED) is 0.289. The van der Waals surface area contributed by atoms with Crippen LogP contribution in [0.25, 0.3) is 22.3 Å². The zero-order chi connectivity index (χ0) is 28.9. The van der Waals surface area contributed by atoms with Gasteiger partial charge in [0.15, 0.2) is 5.82 Å². The molecular weight excluding hydrogens is 528 g/mol. The number of nitrogens with zero attached hydrogens (tertiary/aromatic N) is 4. The van der Waals surface area contributed by atoms with Crippen LogP contribution in [0.15, 0.2) is 42.5 Å². The van der Waals surface area contributed by atoms with Crippen LogP contribution < -0.4 is 26.2 Å². The molecule has 1 aromatic heterocycles. The molecule has 0 radical (unpaired) electrons. The first kappa shape index (κ1) is 28.8. The number of carbonyl (C=O) groups is 1. The largest absolute Gasteiger partial charge is 0.492 e. The minimum Gasteiger partial charge on any atom is -0.492 e. The predicted octanol–water partition coefficient (Wildman–Crippen LogP) is 3.72. The summed E-state index contributed by atoms with van der Waals surface area (Å²) >= 11 is 0. The number of nitrogens with one attached hydrogen (secondary N) is 4. The van der Waals surface area contributed by atoms with Crippen LogP contribution in [-0.2, 0) is 4.79 Å². The highest BCUT2D eigenvalue weighted by Crippen LogP contribution is 2.33. The van der Waals surface area contributed by atoms with E-state index in [9.17, 15) is 4.79 Å². The molecule has 2 aliphatic heterocycles. The van der Waals surface area contributed by atoms with Crippen LogP contribution >= 0.6 is 0 Å². The first-order chi connectivity index (χ1) is 20.5. The van der Waals surface area contributed by atoms with Crippen molar-refractivity contribution in [1.82, 2.24) is 30.6 Å². The summed E-state index contributed by atoms with van der Waals surface area (Å²) in [5, 5.41) is 7.77. The van der Waals surface area contributed by atoms with Crippen LogP contribution in [-0.4, -0.2) is 90.7 Å². The molecule has 1 aliphatic carbocycles. The molecule has 2 aromatic carbocycles. The number of piperazine rings is 1. The van der Waals surface area contributed by atoms with Crippen LogP contribution in [0, 0.1) is 5.92 Å². The molecule has 4 N–H and O–H groups in total. The van der Waals surface area contributed by atoms with Gasteiger partial charge in [-0.1, -0.05) is 19.1 Å². The Labute approximate surface area is 248 Å². The molecule has 3 atom stereocenters.